The molecule has 0 saturated heterocycles. The van der Waals surface area contributed by atoms with Crippen LogP contribution >= 0.6 is 7.82 Å². The lowest BCUT2D eigenvalue weighted by atomic mass is 10.0. The fourth-order valence-corrected chi connectivity index (χ4v) is 9.57. The van der Waals surface area contributed by atoms with Gasteiger partial charge in [-0.2, -0.15) is 0 Å². The van der Waals surface area contributed by atoms with Gasteiger partial charge in [0, 0.05) is 12.8 Å². The molecular formula is C71H123N2O7P. The number of carbonyl (C=O) groups excluding carboxylic acids is 2. The van der Waals surface area contributed by atoms with Crippen LogP contribution in [0.3, 0.4) is 0 Å². The van der Waals surface area contributed by atoms with Gasteiger partial charge in [0.2, 0.25) is 5.91 Å². The summed E-state index contributed by atoms with van der Waals surface area (Å²) in [5, 5.41) is 3.01. The quantitative estimate of drug-likeness (QED) is 0.0212. The van der Waals surface area contributed by atoms with Crippen LogP contribution in [0.1, 0.15) is 265 Å². The normalized spacial score (nSPS) is 14.4. The van der Waals surface area contributed by atoms with Gasteiger partial charge < -0.3 is 28.5 Å². The van der Waals surface area contributed by atoms with Crippen molar-refractivity contribution in [2.75, 3.05) is 40.9 Å². The molecule has 3 unspecified atom stereocenters. The Morgan fingerprint density at radius 2 is 0.802 bits per heavy atom. The number of nitrogens with zero attached hydrogens (tertiary/aromatic N) is 1. The van der Waals surface area contributed by atoms with E-state index in [4.69, 9.17) is 13.8 Å². The first-order chi connectivity index (χ1) is 39.4. The number of amides is 1. The molecule has 0 aromatic rings. The zero-order valence-electron chi connectivity index (χ0n) is 52.9. The van der Waals surface area contributed by atoms with Gasteiger partial charge >= 0.3 is 5.97 Å². The molecule has 0 rings (SSSR count). The standard InChI is InChI=1S/C71H123N2O7P/c1-7-10-13-16-19-22-25-28-30-32-34-35-36-37-39-40-42-45-48-51-54-57-60-63-70(74)72-68(67-79-81(76,77)78-66-65-73(4,5)6)69(62-59-56-53-50-47-44-27-24-21-18-15-12-9-3)80-71(75)64-61-58-55-52-49-46-43-41-38-33-31-29-26-23-20-17-14-11-8-2/h11,14,19-20,22-23,28-31,34-35,38,41,46,49,55,58-59,62,68-69H,7-10,12-13,15-18,21,24-27,32-33,36-37,39-40,42-45,47-48,50-54,56-57,60-61,63-67H2,1-6H3,(H-,72,74,76,77)/b14-11-,22-19-,23-20-,30-28-,31-29-,35-34-,41-38-,49-46-,58-55-,62-59-. The summed E-state index contributed by atoms with van der Waals surface area (Å²) >= 11 is 0. The van der Waals surface area contributed by atoms with Crippen molar-refractivity contribution in [1.82, 2.24) is 5.32 Å². The van der Waals surface area contributed by atoms with E-state index in [1.807, 2.05) is 39.4 Å². The molecule has 1 N–H and O–H groups in total. The van der Waals surface area contributed by atoms with Crippen molar-refractivity contribution in [3.8, 4) is 0 Å². The Labute approximate surface area is 499 Å². The highest BCUT2D eigenvalue weighted by Gasteiger charge is 2.27. The number of nitrogens with one attached hydrogen (secondary N) is 1. The third-order valence-electron chi connectivity index (χ3n) is 13.9. The molecule has 0 aliphatic heterocycles. The number of carbonyl (C=O) groups is 2. The lowest BCUT2D eigenvalue weighted by Gasteiger charge is -2.30. The molecule has 0 radical (unpaired) electrons. The molecule has 464 valence electrons. The summed E-state index contributed by atoms with van der Waals surface area (Å²) in [6, 6.07) is -0.930. The van der Waals surface area contributed by atoms with Gasteiger partial charge in [-0.15, -0.1) is 0 Å². The molecule has 0 bridgehead atoms. The van der Waals surface area contributed by atoms with Crippen LogP contribution in [-0.2, 0) is 27.9 Å². The average Bonchev–Trinajstić information content (AvgIpc) is 3.44. The number of ether oxygens (including phenoxy) is 1. The summed E-state index contributed by atoms with van der Waals surface area (Å²) in [6.45, 7) is 6.65. The van der Waals surface area contributed by atoms with Gasteiger partial charge in [0.05, 0.1) is 33.8 Å². The van der Waals surface area contributed by atoms with E-state index in [0.29, 0.717) is 23.9 Å². The Hall–Kier alpha value is -3.59. The molecule has 10 heteroatoms. The SMILES string of the molecule is CC/C=C\C/C=C\C/C=C\C/C=C\C/C=C\C/C=C\CCC(=O)OC(/C=C\CCCCCCCCCCCCC)C(COP(=O)([O-])OCC[N+](C)(C)C)NC(=O)CCCCCCCCCCCC/C=C\C/C=C\C/C=C\CCCCC. The topological polar surface area (TPSA) is 114 Å². The third kappa shape index (κ3) is 60.8. The maximum atomic E-state index is 13.6. The molecular weight excluding hydrogens is 1020 g/mol. The summed E-state index contributed by atoms with van der Waals surface area (Å²) in [6.07, 6.45) is 83.2. The van der Waals surface area contributed by atoms with Crippen molar-refractivity contribution in [3.05, 3.63) is 122 Å². The van der Waals surface area contributed by atoms with E-state index < -0.39 is 32.5 Å². The summed E-state index contributed by atoms with van der Waals surface area (Å²) in [5.41, 5.74) is 0. The highest BCUT2D eigenvalue weighted by atomic mass is 31.2. The minimum atomic E-state index is -4.73. The minimum absolute atomic E-state index is 0.0402. The molecule has 0 spiro atoms. The average molecular weight is 1150 g/mol. The summed E-state index contributed by atoms with van der Waals surface area (Å²) in [5.74, 6) is -0.647. The zero-order chi connectivity index (χ0) is 59.3. The van der Waals surface area contributed by atoms with Crippen LogP contribution in [0.15, 0.2) is 122 Å². The van der Waals surface area contributed by atoms with Gasteiger partial charge in [0.15, 0.2) is 0 Å². The lowest BCUT2D eigenvalue weighted by molar-refractivity contribution is -0.870. The van der Waals surface area contributed by atoms with Crippen molar-refractivity contribution in [2.24, 2.45) is 0 Å². The second-order valence-corrected chi connectivity index (χ2v) is 24.3. The summed E-state index contributed by atoms with van der Waals surface area (Å²) in [4.78, 5) is 40.1. The molecule has 0 aromatic carbocycles. The van der Waals surface area contributed by atoms with E-state index in [0.717, 1.165) is 103 Å². The van der Waals surface area contributed by atoms with E-state index >= 15 is 0 Å². The fraction of sp³-hybridized carbons (Fsp3) is 0.690. The van der Waals surface area contributed by atoms with Gasteiger partial charge in [-0.3, -0.25) is 14.2 Å². The second-order valence-electron chi connectivity index (χ2n) is 22.9. The Morgan fingerprint density at radius 1 is 0.444 bits per heavy atom. The van der Waals surface area contributed by atoms with E-state index in [1.165, 1.54) is 122 Å². The number of likely N-dealkylation sites (N-methyl/N-ethyl adjacent to an activating group) is 1. The molecule has 0 aliphatic carbocycles. The van der Waals surface area contributed by atoms with E-state index in [9.17, 15) is 19.0 Å². The van der Waals surface area contributed by atoms with Crippen molar-refractivity contribution in [3.63, 3.8) is 0 Å². The summed E-state index contributed by atoms with van der Waals surface area (Å²) in [7, 11) is 1.13. The van der Waals surface area contributed by atoms with Crippen LogP contribution in [0.4, 0.5) is 0 Å². The van der Waals surface area contributed by atoms with E-state index in [2.05, 4.69) is 123 Å². The highest BCUT2D eigenvalue weighted by molar-refractivity contribution is 7.45. The van der Waals surface area contributed by atoms with Crippen LogP contribution < -0.4 is 10.2 Å². The van der Waals surface area contributed by atoms with Crippen molar-refractivity contribution >= 4 is 19.7 Å². The number of hydrogen-bond acceptors (Lipinski definition) is 7. The molecule has 81 heavy (non-hydrogen) atoms. The number of esters is 1. The monoisotopic (exact) mass is 1150 g/mol. The molecule has 0 aromatic heterocycles. The Balaban J connectivity index is 5.32. The number of allylic oxidation sites excluding steroid dienone is 19. The molecule has 1 amide bonds. The molecule has 0 saturated carbocycles. The molecule has 0 aliphatic rings. The summed E-state index contributed by atoms with van der Waals surface area (Å²) < 4.78 is 30.3. The zero-order valence-corrected chi connectivity index (χ0v) is 53.8. The number of phosphoric acid groups is 1. The lowest BCUT2D eigenvalue weighted by Crippen LogP contribution is -2.47. The molecule has 9 nitrogen and oxygen atoms in total. The Kier molecular flexibility index (Phi) is 56.9. The van der Waals surface area contributed by atoms with Gasteiger partial charge in [-0.05, 0) is 109 Å². The smallest absolute Gasteiger partial charge is 0.306 e. The first kappa shape index (κ1) is 77.4. The number of hydrogen-bond donors (Lipinski definition) is 1. The van der Waals surface area contributed by atoms with Crippen LogP contribution in [0.5, 0.6) is 0 Å². The first-order valence-electron chi connectivity index (χ1n) is 32.8. The largest absolute Gasteiger partial charge is 0.756 e. The third-order valence-corrected chi connectivity index (χ3v) is 14.9. The predicted octanol–water partition coefficient (Wildman–Crippen LogP) is 20.0. The van der Waals surface area contributed by atoms with Gasteiger partial charge in [-0.25, -0.2) is 0 Å². The van der Waals surface area contributed by atoms with E-state index in [1.54, 1.807) is 6.08 Å². The van der Waals surface area contributed by atoms with Crippen LogP contribution in [0.2, 0.25) is 0 Å². The number of rotatable bonds is 58. The maximum Gasteiger partial charge on any atom is 0.306 e. The van der Waals surface area contributed by atoms with Gasteiger partial charge in [0.1, 0.15) is 19.3 Å². The second kappa shape index (κ2) is 59.6. The first-order valence-corrected chi connectivity index (χ1v) is 34.3. The minimum Gasteiger partial charge on any atom is -0.756 e. The Morgan fingerprint density at radius 3 is 1.23 bits per heavy atom. The van der Waals surface area contributed by atoms with Crippen molar-refractivity contribution in [2.45, 2.75) is 277 Å². The van der Waals surface area contributed by atoms with Gasteiger partial charge in [-0.1, -0.05) is 265 Å². The van der Waals surface area contributed by atoms with Crippen molar-refractivity contribution in [1.29, 1.82) is 0 Å². The Bertz CT molecular complexity index is 1800. The van der Waals surface area contributed by atoms with Crippen LogP contribution in [0, 0.1) is 0 Å². The molecule has 0 fully saturated rings. The number of phosphoric ester groups is 1. The van der Waals surface area contributed by atoms with Crippen molar-refractivity contribution < 1.29 is 37.3 Å². The predicted molar refractivity (Wildman–Crippen MR) is 348 cm³/mol. The molecule has 0 heterocycles. The highest BCUT2D eigenvalue weighted by Crippen LogP contribution is 2.38. The fourth-order valence-electron chi connectivity index (χ4n) is 8.85. The van der Waals surface area contributed by atoms with E-state index in [-0.39, 0.29) is 18.9 Å². The molecule has 3 atom stereocenters. The van der Waals surface area contributed by atoms with Crippen LogP contribution in [0.25, 0.3) is 0 Å². The maximum absolute atomic E-state index is 13.6. The van der Waals surface area contributed by atoms with Gasteiger partial charge in [0.25, 0.3) is 7.82 Å². The number of quaternary nitrogens is 1. The van der Waals surface area contributed by atoms with Crippen LogP contribution in [-0.4, -0.2) is 69.4 Å². The number of unbranched alkanes of at least 4 members (excludes halogenated alkanes) is 24.